The van der Waals surface area contributed by atoms with Crippen molar-refractivity contribution in [3.05, 3.63) is 58.5 Å². The highest BCUT2D eigenvalue weighted by Gasteiger charge is 2.22. The predicted molar refractivity (Wildman–Crippen MR) is 83.2 cm³/mol. The summed E-state index contributed by atoms with van der Waals surface area (Å²) in [6.07, 6.45) is 0. The van der Waals surface area contributed by atoms with E-state index in [9.17, 15) is 9.59 Å². The molecule has 1 aromatic carbocycles. The topological polar surface area (TPSA) is 80.0 Å². The van der Waals surface area contributed by atoms with E-state index >= 15 is 0 Å². The van der Waals surface area contributed by atoms with Gasteiger partial charge in [0.15, 0.2) is 5.76 Å². The Morgan fingerprint density at radius 2 is 1.91 bits per heavy atom. The number of hydrogen-bond donors (Lipinski definition) is 1. The van der Waals surface area contributed by atoms with E-state index in [4.69, 9.17) is 25.9 Å². The summed E-state index contributed by atoms with van der Waals surface area (Å²) in [5, 5.41) is 9.60. The molecule has 23 heavy (non-hydrogen) atoms. The number of carboxylic acids is 1. The maximum atomic E-state index is 12.5. The number of carbonyl (C=O) groups excluding carboxylic acids is 1. The van der Waals surface area contributed by atoms with E-state index in [1.54, 1.807) is 30.3 Å². The maximum Gasteiger partial charge on any atom is 0.323 e. The van der Waals surface area contributed by atoms with Gasteiger partial charge in [-0.2, -0.15) is 0 Å². The minimum atomic E-state index is -1.10. The zero-order chi connectivity index (χ0) is 16.8. The van der Waals surface area contributed by atoms with Crippen molar-refractivity contribution < 1.29 is 23.8 Å². The van der Waals surface area contributed by atoms with Gasteiger partial charge in [-0.15, -0.1) is 0 Å². The molecule has 0 spiro atoms. The van der Waals surface area contributed by atoms with Crippen LogP contribution in [-0.2, 0) is 22.7 Å². The Bertz CT molecular complexity index is 680. The highest BCUT2D eigenvalue weighted by atomic mass is 35.5. The van der Waals surface area contributed by atoms with Crippen LogP contribution in [0.2, 0.25) is 5.02 Å². The number of carbonyl (C=O) groups is 2. The van der Waals surface area contributed by atoms with Gasteiger partial charge in [0.2, 0.25) is 0 Å². The standard InChI is InChI=1S/C16H16ClNO5/c1-22-10-13-6-7-14(23-13)16(21)18(9-15(19)20)8-11-2-4-12(17)5-3-11/h2-7H,8-10H2,1H3,(H,19,20). The molecule has 0 saturated heterocycles. The molecule has 1 amide bonds. The van der Waals surface area contributed by atoms with E-state index in [1.807, 2.05) is 0 Å². The molecule has 0 aliphatic heterocycles. The van der Waals surface area contributed by atoms with Crippen molar-refractivity contribution in [1.82, 2.24) is 4.90 Å². The van der Waals surface area contributed by atoms with Crippen LogP contribution in [-0.4, -0.2) is 35.5 Å². The van der Waals surface area contributed by atoms with E-state index in [1.165, 1.54) is 18.1 Å². The van der Waals surface area contributed by atoms with Crippen molar-refractivity contribution in [3.8, 4) is 0 Å². The lowest BCUT2D eigenvalue weighted by Crippen LogP contribution is -2.35. The van der Waals surface area contributed by atoms with Crippen LogP contribution < -0.4 is 0 Å². The fourth-order valence-electron chi connectivity index (χ4n) is 2.04. The van der Waals surface area contributed by atoms with Gasteiger partial charge in [-0.3, -0.25) is 9.59 Å². The molecule has 0 bridgehead atoms. The third-order valence-electron chi connectivity index (χ3n) is 3.06. The minimum absolute atomic E-state index is 0.0762. The minimum Gasteiger partial charge on any atom is -0.480 e. The van der Waals surface area contributed by atoms with Gasteiger partial charge in [-0.25, -0.2) is 0 Å². The Morgan fingerprint density at radius 1 is 1.22 bits per heavy atom. The summed E-state index contributed by atoms with van der Waals surface area (Å²) < 4.78 is 10.3. The van der Waals surface area contributed by atoms with E-state index in [0.29, 0.717) is 10.8 Å². The molecule has 1 N–H and O–H groups in total. The molecule has 2 rings (SSSR count). The van der Waals surface area contributed by atoms with E-state index in [-0.39, 0.29) is 18.9 Å². The zero-order valence-electron chi connectivity index (χ0n) is 12.5. The summed E-state index contributed by atoms with van der Waals surface area (Å²) in [5.41, 5.74) is 0.771. The molecule has 2 aromatic rings. The molecular weight excluding hydrogens is 322 g/mol. The number of amides is 1. The second-order valence-corrected chi connectivity index (χ2v) is 5.32. The third kappa shape index (κ3) is 4.84. The van der Waals surface area contributed by atoms with Crippen molar-refractivity contribution in [3.63, 3.8) is 0 Å². The number of benzene rings is 1. The van der Waals surface area contributed by atoms with Crippen molar-refractivity contribution in [1.29, 1.82) is 0 Å². The normalized spacial score (nSPS) is 10.5. The SMILES string of the molecule is COCc1ccc(C(=O)N(CC(=O)O)Cc2ccc(Cl)cc2)o1. The smallest absolute Gasteiger partial charge is 0.323 e. The summed E-state index contributed by atoms with van der Waals surface area (Å²) in [4.78, 5) is 24.7. The summed E-state index contributed by atoms with van der Waals surface area (Å²) in [5.74, 6) is -1.02. The van der Waals surface area contributed by atoms with E-state index < -0.39 is 18.4 Å². The first-order chi connectivity index (χ1) is 11.0. The number of furan rings is 1. The van der Waals surface area contributed by atoms with Gasteiger partial charge in [0.25, 0.3) is 5.91 Å². The molecule has 0 aliphatic carbocycles. The molecule has 0 saturated carbocycles. The van der Waals surface area contributed by atoms with Gasteiger partial charge in [0.05, 0.1) is 0 Å². The number of hydrogen-bond acceptors (Lipinski definition) is 4. The molecule has 122 valence electrons. The first-order valence-electron chi connectivity index (χ1n) is 6.82. The van der Waals surface area contributed by atoms with Crippen LogP contribution in [0.1, 0.15) is 21.9 Å². The van der Waals surface area contributed by atoms with Gasteiger partial charge in [-0.05, 0) is 29.8 Å². The molecule has 1 heterocycles. The summed E-state index contributed by atoms with van der Waals surface area (Å²) >= 11 is 5.82. The summed E-state index contributed by atoms with van der Waals surface area (Å²) in [6, 6.07) is 9.98. The second kappa shape index (κ2) is 7.80. The van der Waals surface area contributed by atoms with Crippen molar-refractivity contribution in [2.45, 2.75) is 13.2 Å². The number of nitrogens with zero attached hydrogens (tertiary/aromatic N) is 1. The zero-order valence-corrected chi connectivity index (χ0v) is 13.2. The fourth-order valence-corrected chi connectivity index (χ4v) is 2.17. The molecule has 0 radical (unpaired) electrons. The first-order valence-corrected chi connectivity index (χ1v) is 7.20. The molecule has 7 heteroatoms. The number of carboxylic acid groups (broad SMARTS) is 1. The molecule has 0 fully saturated rings. The average molecular weight is 338 g/mol. The number of methoxy groups -OCH3 is 1. The quantitative estimate of drug-likeness (QED) is 0.840. The predicted octanol–water partition coefficient (Wildman–Crippen LogP) is 2.81. The molecule has 0 unspecified atom stereocenters. The Kier molecular flexibility index (Phi) is 5.78. The van der Waals surface area contributed by atoms with E-state index in [0.717, 1.165) is 5.56 Å². The molecule has 0 atom stereocenters. The highest BCUT2D eigenvalue weighted by molar-refractivity contribution is 6.30. The number of rotatable bonds is 7. The van der Waals surface area contributed by atoms with Crippen LogP contribution in [0.4, 0.5) is 0 Å². The third-order valence-corrected chi connectivity index (χ3v) is 3.31. The molecular formula is C16H16ClNO5. The first kappa shape index (κ1) is 17.1. The van der Waals surface area contributed by atoms with Crippen molar-refractivity contribution >= 4 is 23.5 Å². The van der Waals surface area contributed by atoms with Gasteiger partial charge in [-0.1, -0.05) is 23.7 Å². The fraction of sp³-hybridized carbons (Fsp3) is 0.250. The Morgan fingerprint density at radius 3 is 2.52 bits per heavy atom. The average Bonchev–Trinajstić information content (AvgIpc) is 2.96. The molecule has 6 nitrogen and oxygen atoms in total. The number of aliphatic carboxylic acids is 1. The van der Waals surface area contributed by atoms with Crippen molar-refractivity contribution in [2.75, 3.05) is 13.7 Å². The lowest BCUT2D eigenvalue weighted by Gasteiger charge is -2.19. The summed E-state index contributed by atoms with van der Waals surface area (Å²) in [7, 11) is 1.52. The van der Waals surface area contributed by atoms with Crippen LogP contribution >= 0.6 is 11.6 Å². The molecule has 1 aromatic heterocycles. The van der Waals surface area contributed by atoms with Crippen LogP contribution in [0, 0.1) is 0 Å². The Labute approximate surface area is 138 Å². The van der Waals surface area contributed by atoms with Gasteiger partial charge < -0.3 is 19.2 Å². The van der Waals surface area contributed by atoms with Crippen LogP contribution in [0.15, 0.2) is 40.8 Å². The monoisotopic (exact) mass is 337 g/mol. The number of halogens is 1. The summed E-state index contributed by atoms with van der Waals surface area (Å²) in [6.45, 7) is -0.0478. The van der Waals surface area contributed by atoms with Crippen molar-refractivity contribution in [2.24, 2.45) is 0 Å². The maximum absolute atomic E-state index is 12.5. The van der Waals surface area contributed by atoms with Crippen LogP contribution in [0.25, 0.3) is 0 Å². The van der Waals surface area contributed by atoms with Gasteiger partial charge in [0.1, 0.15) is 18.9 Å². The number of ether oxygens (including phenoxy) is 1. The highest BCUT2D eigenvalue weighted by Crippen LogP contribution is 2.15. The Balaban J connectivity index is 2.17. The van der Waals surface area contributed by atoms with Gasteiger partial charge in [0, 0.05) is 18.7 Å². The second-order valence-electron chi connectivity index (χ2n) is 4.88. The largest absolute Gasteiger partial charge is 0.480 e. The Hall–Kier alpha value is -2.31. The van der Waals surface area contributed by atoms with Crippen LogP contribution in [0.5, 0.6) is 0 Å². The molecule has 0 aliphatic rings. The van der Waals surface area contributed by atoms with Gasteiger partial charge >= 0.3 is 5.97 Å². The lowest BCUT2D eigenvalue weighted by molar-refractivity contribution is -0.137. The van der Waals surface area contributed by atoms with Crippen LogP contribution in [0.3, 0.4) is 0 Å². The lowest BCUT2D eigenvalue weighted by atomic mass is 10.2. The van der Waals surface area contributed by atoms with E-state index in [2.05, 4.69) is 0 Å².